The highest BCUT2D eigenvalue weighted by Gasteiger charge is 2.17. The summed E-state index contributed by atoms with van der Waals surface area (Å²) in [5, 5.41) is 2.76. The zero-order chi connectivity index (χ0) is 14.4. The maximum absolute atomic E-state index is 5.95. The lowest BCUT2D eigenvalue weighted by Crippen LogP contribution is -2.45. The van der Waals surface area contributed by atoms with Crippen LogP contribution in [0.1, 0.15) is 18.2 Å². The molecule has 0 saturated heterocycles. The summed E-state index contributed by atoms with van der Waals surface area (Å²) in [4.78, 5) is 1.36. The van der Waals surface area contributed by atoms with E-state index in [0.29, 0.717) is 5.02 Å². The highest BCUT2D eigenvalue weighted by Crippen LogP contribution is 2.20. The van der Waals surface area contributed by atoms with Gasteiger partial charge in [-0.2, -0.15) is 0 Å². The first-order chi connectivity index (χ1) is 9.69. The summed E-state index contributed by atoms with van der Waals surface area (Å²) < 4.78 is 5.89. The van der Waals surface area contributed by atoms with Gasteiger partial charge < -0.3 is 4.74 Å². The van der Waals surface area contributed by atoms with Gasteiger partial charge in [0.05, 0.1) is 6.04 Å². The number of hydrogen-bond donors (Lipinski definition) is 2. The Morgan fingerprint density at radius 2 is 2.20 bits per heavy atom. The van der Waals surface area contributed by atoms with Crippen LogP contribution in [0.2, 0.25) is 5.02 Å². The van der Waals surface area contributed by atoms with Crippen molar-refractivity contribution >= 4 is 22.9 Å². The number of rotatable bonds is 7. The fourth-order valence-corrected chi connectivity index (χ4v) is 2.95. The van der Waals surface area contributed by atoms with E-state index in [2.05, 4.69) is 22.9 Å². The van der Waals surface area contributed by atoms with E-state index in [1.165, 1.54) is 4.88 Å². The summed E-state index contributed by atoms with van der Waals surface area (Å²) in [7, 11) is 0. The van der Waals surface area contributed by atoms with E-state index in [-0.39, 0.29) is 12.1 Å². The number of benzene rings is 1. The van der Waals surface area contributed by atoms with Crippen LogP contribution in [0.25, 0.3) is 0 Å². The molecule has 0 bridgehead atoms. The van der Waals surface area contributed by atoms with Gasteiger partial charge in [0.25, 0.3) is 0 Å². The van der Waals surface area contributed by atoms with Gasteiger partial charge in [-0.1, -0.05) is 23.7 Å². The van der Waals surface area contributed by atoms with Crippen molar-refractivity contribution in [2.45, 2.75) is 31.9 Å². The van der Waals surface area contributed by atoms with Gasteiger partial charge in [-0.15, -0.1) is 11.3 Å². The number of halogens is 1. The predicted molar refractivity (Wildman–Crippen MR) is 85.3 cm³/mol. The number of aryl methyl sites for hydroxylation is 1. The van der Waals surface area contributed by atoms with Crippen LogP contribution < -0.4 is 16.0 Å². The second-order valence-corrected chi connectivity index (χ2v) is 6.14. The molecule has 108 valence electrons. The second-order valence-electron chi connectivity index (χ2n) is 4.67. The van der Waals surface area contributed by atoms with Gasteiger partial charge in [-0.25, -0.2) is 0 Å². The molecule has 3 nitrogen and oxygen atoms in total. The first-order valence-corrected chi connectivity index (χ1v) is 7.85. The zero-order valence-corrected chi connectivity index (χ0v) is 13.0. The molecule has 1 heterocycles. The van der Waals surface area contributed by atoms with Gasteiger partial charge in [0.15, 0.2) is 0 Å². The molecule has 20 heavy (non-hydrogen) atoms. The number of thiophene rings is 1. The Balaban J connectivity index is 1.89. The van der Waals surface area contributed by atoms with Crippen LogP contribution in [0.5, 0.6) is 5.75 Å². The maximum Gasteiger partial charge on any atom is 0.121 e. The highest BCUT2D eigenvalue weighted by molar-refractivity contribution is 7.09. The molecule has 5 heteroatoms. The molecule has 2 rings (SSSR count). The molecule has 0 aliphatic carbocycles. The fourth-order valence-electron chi connectivity index (χ4n) is 2.04. The van der Waals surface area contributed by atoms with Crippen molar-refractivity contribution in [3.8, 4) is 5.75 Å². The molecule has 1 aromatic heterocycles. The van der Waals surface area contributed by atoms with Crippen LogP contribution in [-0.2, 0) is 6.42 Å². The number of hydrogen-bond acceptors (Lipinski definition) is 4. The third-order valence-electron chi connectivity index (χ3n) is 3.18. The van der Waals surface area contributed by atoms with E-state index < -0.39 is 0 Å². The maximum atomic E-state index is 5.95. The van der Waals surface area contributed by atoms with Gasteiger partial charge in [0, 0.05) is 9.90 Å². The molecular weight excluding hydrogens is 292 g/mol. The van der Waals surface area contributed by atoms with Crippen molar-refractivity contribution < 1.29 is 4.74 Å². The molecule has 3 N–H and O–H groups in total. The third-order valence-corrected chi connectivity index (χ3v) is 4.35. The van der Waals surface area contributed by atoms with Crippen molar-refractivity contribution in [1.82, 2.24) is 5.43 Å². The van der Waals surface area contributed by atoms with Gasteiger partial charge >= 0.3 is 0 Å². The largest absolute Gasteiger partial charge is 0.489 e. The number of nitrogens with one attached hydrogen (secondary N) is 1. The average molecular weight is 311 g/mol. The van der Waals surface area contributed by atoms with E-state index in [1.807, 2.05) is 31.2 Å². The minimum Gasteiger partial charge on any atom is -0.489 e. The zero-order valence-electron chi connectivity index (χ0n) is 11.4. The predicted octanol–water partition coefficient (Wildman–Crippen LogP) is 3.63. The Labute approximate surface area is 128 Å². The van der Waals surface area contributed by atoms with Gasteiger partial charge in [0.2, 0.25) is 0 Å². The van der Waals surface area contributed by atoms with Crippen LogP contribution >= 0.6 is 22.9 Å². The molecule has 2 aromatic rings. The fraction of sp³-hybridized carbons (Fsp3) is 0.333. The molecule has 0 amide bonds. The molecule has 2 atom stereocenters. The third kappa shape index (κ3) is 4.49. The molecule has 0 aliphatic rings. The van der Waals surface area contributed by atoms with Crippen molar-refractivity contribution in [1.29, 1.82) is 0 Å². The lowest BCUT2D eigenvalue weighted by molar-refractivity contribution is 0.165. The average Bonchev–Trinajstić information content (AvgIpc) is 2.92. The normalized spacial score (nSPS) is 13.9. The SMILES string of the molecule is CC(Oc1cccc(Cl)c1)C(CCc1cccs1)NN. The summed E-state index contributed by atoms with van der Waals surface area (Å²) in [5.74, 6) is 6.41. The molecule has 2 unspecified atom stereocenters. The number of nitrogens with two attached hydrogens (primary N) is 1. The van der Waals surface area contributed by atoms with Gasteiger partial charge in [0.1, 0.15) is 11.9 Å². The van der Waals surface area contributed by atoms with Crippen LogP contribution in [0.3, 0.4) is 0 Å². The second kappa shape index (κ2) is 7.64. The number of hydrazine groups is 1. The molecular formula is C15H19ClN2OS. The topological polar surface area (TPSA) is 47.3 Å². The van der Waals surface area contributed by atoms with Gasteiger partial charge in [-0.3, -0.25) is 11.3 Å². The van der Waals surface area contributed by atoms with Crippen molar-refractivity contribution in [2.75, 3.05) is 0 Å². The summed E-state index contributed by atoms with van der Waals surface area (Å²) >= 11 is 7.72. The van der Waals surface area contributed by atoms with Gasteiger partial charge in [-0.05, 0) is 49.4 Å². The molecule has 0 fully saturated rings. The minimum absolute atomic E-state index is 0.0292. The first kappa shape index (κ1) is 15.3. The number of ether oxygens (including phenoxy) is 1. The Morgan fingerprint density at radius 1 is 1.35 bits per heavy atom. The molecule has 0 saturated carbocycles. The Morgan fingerprint density at radius 3 is 2.85 bits per heavy atom. The van der Waals surface area contributed by atoms with Crippen LogP contribution in [0.15, 0.2) is 41.8 Å². The van der Waals surface area contributed by atoms with E-state index in [0.717, 1.165) is 18.6 Å². The lowest BCUT2D eigenvalue weighted by atomic mass is 10.1. The summed E-state index contributed by atoms with van der Waals surface area (Å²) in [6.07, 6.45) is 1.90. The molecule has 1 aromatic carbocycles. The van der Waals surface area contributed by atoms with E-state index in [4.69, 9.17) is 22.2 Å². The molecule has 0 aliphatic heterocycles. The van der Waals surface area contributed by atoms with E-state index in [9.17, 15) is 0 Å². The van der Waals surface area contributed by atoms with Crippen LogP contribution in [0, 0.1) is 0 Å². The van der Waals surface area contributed by atoms with Crippen molar-refractivity contribution in [3.05, 3.63) is 51.7 Å². The standard InChI is InChI=1S/C15H19ClN2OS/c1-11(19-13-5-2-4-12(16)10-13)15(18-17)8-7-14-6-3-9-20-14/h2-6,9-11,15,18H,7-8,17H2,1H3. The first-order valence-electron chi connectivity index (χ1n) is 6.60. The van der Waals surface area contributed by atoms with Crippen molar-refractivity contribution in [3.63, 3.8) is 0 Å². The quantitative estimate of drug-likeness (QED) is 0.606. The molecule has 0 spiro atoms. The summed E-state index contributed by atoms with van der Waals surface area (Å²) in [6, 6.07) is 11.7. The summed E-state index contributed by atoms with van der Waals surface area (Å²) in [5.41, 5.74) is 2.85. The van der Waals surface area contributed by atoms with E-state index in [1.54, 1.807) is 11.3 Å². The lowest BCUT2D eigenvalue weighted by Gasteiger charge is -2.24. The van der Waals surface area contributed by atoms with E-state index >= 15 is 0 Å². The Hall–Kier alpha value is -1.07. The summed E-state index contributed by atoms with van der Waals surface area (Å²) in [6.45, 7) is 2.01. The monoisotopic (exact) mass is 310 g/mol. The van der Waals surface area contributed by atoms with Crippen LogP contribution in [-0.4, -0.2) is 12.1 Å². The highest BCUT2D eigenvalue weighted by atomic mass is 35.5. The Kier molecular flexibility index (Phi) is 5.86. The smallest absolute Gasteiger partial charge is 0.121 e. The van der Waals surface area contributed by atoms with Crippen molar-refractivity contribution in [2.24, 2.45) is 5.84 Å². The molecule has 0 radical (unpaired) electrons. The van der Waals surface area contributed by atoms with Crippen LogP contribution in [0.4, 0.5) is 0 Å². The Bertz CT molecular complexity index is 518. The minimum atomic E-state index is -0.0292.